The van der Waals surface area contributed by atoms with Crippen molar-refractivity contribution in [2.45, 2.75) is 6.54 Å². The van der Waals surface area contributed by atoms with Crippen LogP contribution in [0.15, 0.2) is 60.7 Å². The Morgan fingerprint density at radius 3 is 2.21 bits per heavy atom. The van der Waals surface area contributed by atoms with Crippen molar-refractivity contribution < 1.29 is 19.0 Å². The maximum absolute atomic E-state index is 12.2. The molecular formula is C25H28N4O4. The van der Waals surface area contributed by atoms with Crippen LogP contribution in [0.2, 0.25) is 0 Å². The minimum Gasteiger partial charge on any atom is -0.493 e. The molecule has 0 aliphatic rings. The second kappa shape index (κ2) is 10.8. The van der Waals surface area contributed by atoms with Gasteiger partial charge in [-0.1, -0.05) is 24.3 Å². The highest BCUT2D eigenvalue weighted by Gasteiger charge is 2.13. The molecule has 0 bridgehead atoms. The quantitative estimate of drug-likeness (QED) is 0.287. The normalized spacial score (nSPS) is 10.6. The molecule has 33 heavy (non-hydrogen) atoms. The van der Waals surface area contributed by atoms with Crippen LogP contribution in [0, 0.1) is 0 Å². The summed E-state index contributed by atoms with van der Waals surface area (Å²) >= 11 is 0. The molecule has 0 unspecified atom stereocenters. The van der Waals surface area contributed by atoms with Gasteiger partial charge in [0.25, 0.3) is 0 Å². The molecule has 0 saturated heterocycles. The third-order valence-corrected chi connectivity index (χ3v) is 4.96. The third-order valence-electron chi connectivity index (χ3n) is 4.96. The number of carbonyl (C=O) groups is 1. The van der Waals surface area contributed by atoms with Crippen molar-refractivity contribution in [2.24, 2.45) is 0 Å². The van der Waals surface area contributed by atoms with E-state index in [9.17, 15) is 4.79 Å². The number of hydrogen-bond donors (Lipinski definition) is 4. The van der Waals surface area contributed by atoms with Crippen LogP contribution >= 0.6 is 0 Å². The smallest absolute Gasteiger partial charge is 0.248 e. The monoisotopic (exact) mass is 448 g/mol. The number of nitrogens with two attached hydrogens (primary N) is 2. The Bertz CT molecular complexity index is 1140. The summed E-state index contributed by atoms with van der Waals surface area (Å²) in [6.07, 6.45) is 3.14. The van der Waals surface area contributed by atoms with Gasteiger partial charge in [-0.15, -0.1) is 0 Å². The summed E-state index contributed by atoms with van der Waals surface area (Å²) in [5, 5.41) is 6.07. The van der Waals surface area contributed by atoms with Crippen LogP contribution in [0.4, 0.5) is 22.7 Å². The molecule has 0 radical (unpaired) electrons. The number of nitrogen functional groups attached to an aromatic ring is 2. The van der Waals surface area contributed by atoms with Crippen LogP contribution in [0.3, 0.4) is 0 Å². The number of methoxy groups -OCH3 is 3. The fraction of sp³-hybridized carbons (Fsp3) is 0.160. The molecule has 8 nitrogen and oxygen atoms in total. The molecule has 3 rings (SSSR count). The van der Waals surface area contributed by atoms with Gasteiger partial charge < -0.3 is 36.3 Å². The van der Waals surface area contributed by atoms with E-state index in [0.717, 1.165) is 16.8 Å². The van der Waals surface area contributed by atoms with Crippen molar-refractivity contribution >= 4 is 34.7 Å². The predicted molar refractivity (Wildman–Crippen MR) is 133 cm³/mol. The Labute approximate surface area is 193 Å². The Hall–Kier alpha value is -4.33. The first-order valence-corrected chi connectivity index (χ1v) is 10.2. The second-order valence-electron chi connectivity index (χ2n) is 7.14. The van der Waals surface area contributed by atoms with Gasteiger partial charge in [0.15, 0.2) is 11.5 Å². The lowest BCUT2D eigenvalue weighted by Crippen LogP contribution is -2.09. The van der Waals surface area contributed by atoms with Crippen LogP contribution in [0.1, 0.15) is 11.1 Å². The summed E-state index contributed by atoms with van der Waals surface area (Å²) in [5.74, 6) is 1.37. The highest BCUT2D eigenvalue weighted by atomic mass is 16.5. The molecule has 1 amide bonds. The summed E-state index contributed by atoms with van der Waals surface area (Å²) < 4.78 is 16.1. The summed E-state index contributed by atoms with van der Waals surface area (Å²) in [4.78, 5) is 12.2. The number of ether oxygens (including phenoxy) is 3. The molecule has 3 aromatic carbocycles. The van der Waals surface area contributed by atoms with Crippen LogP contribution < -0.4 is 36.3 Å². The average Bonchev–Trinajstić information content (AvgIpc) is 2.82. The number of benzene rings is 3. The van der Waals surface area contributed by atoms with E-state index in [0.29, 0.717) is 40.9 Å². The van der Waals surface area contributed by atoms with Crippen LogP contribution in [0.25, 0.3) is 6.08 Å². The number of para-hydroxylation sites is 2. The molecule has 0 fully saturated rings. The SMILES string of the molecule is COc1cc(NCc2ccc(/C=C/C(=O)Nc3ccccc3N)cc2N)cc(OC)c1OC. The fourth-order valence-corrected chi connectivity index (χ4v) is 3.22. The van der Waals surface area contributed by atoms with Gasteiger partial charge in [0.05, 0.1) is 32.7 Å². The van der Waals surface area contributed by atoms with Gasteiger partial charge in [0.2, 0.25) is 11.7 Å². The summed E-state index contributed by atoms with van der Waals surface area (Å²) in [5.41, 5.74) is 16.3. The number of carbonyl (C=O) groups excluding carboxylic acids is 1. The topological polar surface area (TPSA) is 121 Å². The van der Waals surface area contributed by atoms with Crippen LogP contribution in [-0.4, -0.2) is 27.2 Å². The number of rotatable bonds is 9. The molecule has 0 spiro atoms. The molecule has 3 aromatic rings. The third kappa shape index (κ3) is 5.88. The van der Waals surface area contributed by atoms with Gasteiger partial charge in [0.1, 0.15) is 0 Å². The Morgan fingerprint density at radius 2 is 1.61 bits per heavy atom. The number of hydrogen-bond acceptors (Lipinski definition) is 7. The zero-order valence-electron chi connectivity index (χ0n) is 18.8. The van der Waals surface area contributed by atoms with E-state index in [1.54, 1.807) is 45.6 Å². The second-order valence-corrected chi connectivity index (χ2v) is 7.14. The molecule has 0 atom stereocenters. The molecule has 0 aliphatic carbocycles. The first kappa shape index (κ1) is 23.3. The lowest BCUT2D eigenvalue weighted by molar-refractivity contribution is -0.111. The largest absolute Gasteiger partial charge is 0.493 e. The number of amides is 1. The summed E-state index contributed by atoms with van der Waals surface area (Å²) in [7, 11) is 4.70. The van der Waals surface area contributed by atoms with E-state index in [-0.39, 0.29) is 5.91 Å². The Balaban J connectivity index is 1.66. The van der Waals surface area contributed by atoms with Gasteiger partial charge in [-0.3, -0.25) is 4.79 Å². The van der Waals surface area contributed by atoms with Crippen molar-refractivity contribution in [3.63, 3.8) is 0 Å². The van der Waals surface area contributed by atoms with Crippen molar-refractivity contribution in [3.8, 4) is 17.2 Å². The van der Waals surface area contributed by atoms with Gasteiger partial charge in [-0.25, -0.2) is 0 Å². The van der Waals surface area contributed by atoms with Crippen molar-refractivity contribution in [2.75, 3.05) is 43.4 Å². The highest BCUT2D eigenvalue weighted by Crippen LogP contribution is 2.40. The first-order valence-electron chi connectivity index (χ1n) is 10.2. The number of nitrogens with one attached hydrogen (secondary N) is 2. The number of anilines is 4. The molecule has 0 aromatic heterocycles. The van der Waals surface area contributed by atoms with E-state index in [1.165, 1.54) is 6.08 Å². The molecule has 6 N–H and O–H groups in total. The Morgan fingerprint density at radius 1 is 0.909 bits per heavy atom. The highest BCUT2D eigenvalue weighted by molar-refractivity contribution is 6.03. The van der Waals surface area contributed by atoms with Crippen molar-refractivity contribution in [1.29, 1.82) is 0 Å². The maximum atomic E-state index is 12.2. The van der Waals surface area contributed by atoms with Gasteiger partial charge in [-0.2, -0.15) is 0 Å². The lowest BCUT2D eigenvalue weighted by Gasteiger charge is -2.15. The molecule has 0 aliphatic heterocycles. The zero-order valence-corrected chi connectivity index (χ0v) is 18.8. The molecule has 8 heteroatoms. The van der Waals surface area contributed by atoms with E-state index < -0.39 is 0 Å². The van der Waals surface area contributed by atoms with E-state index in [1.807, 2.05) is 36.4 Å². The van der Waals surface area contributed by atoms with Crippen LogP contribution in [0.5, 0.6) is 17.2 Å². The van der Waals surface area contributed by atoms with E-state index in [2.05, 4.69) is 10.6 Å². The predicted octanol–water partition coefficient (Wildman–Crippen LogP) is 4.14. The average molecular weight is 449 g/mol. The van der Waals surface area contributed by atoms with Gasteiger partial charge >= 0.3 is 0 Å². The maximum Gasteiger partial charge on any atom is 0.248 e. The summed E-state index contributed by atoms with van der Waals surface area (Å²) in [6.45, 7) is 0.488. The minimum absolute atomic E-state index is 0.278. The Kier molecular flexibility index (Phi) is 7.64. The van der Waals surface area contributed by atoms with Gasteiger partial charge in [-0.05, 0) is 35.4 Å². The van der Waals surface area contributed by atoms with Crippen molar-refractivity contribution in [1.82, 2.24) is 0 Å². The molecule has 172 valence electrons. The standard InChI is InChI=1S/C25H28N4O4/c1-31-22-13-18(14-23(32-2)25(22)33-3)28-15-17-10-8-16(12-20(17)27)9-11-24(30)29-21-7-5-4-6-19(21)26/h4-14,28H,15,26-27H2,1-3H3,(H,29,30)/b11-9+. The first-order chi connectivity index (χ1) is 15.9. The fourth-order valence-electron chi connectivity index (χ4n) is 3.22. The molecular weight excluding hydrogens is 420 g/mol. The molecule has 0 saturated carbocycles. The zero-order chi connectivity index (χ0) is 23.8. The summed E-state index contributed by atoms with van der Waals surface area (Å²) in [6, 6.07) is 16.4. The van der Waals surface area contributed by atoms with E-state index >= 15 is 0 Å². The molecule has 0 heterocycles. The van der Waals surface area contributed by atoms with Crippen molar-refractivity contribution in [3.05, 3.63) is 71.8 Å². The van der Waals surface area contributed by atoms with Crippen LogP contribution in [-0.2, 0) is 11.3 Å². The van der Waals surface area contributed by atoms with Gasteiger partial charge in [0, 0.05) is 36.1 Å². The lowest BCUT2D eigenvalue weighted by atomic mass is 10.1. The minimum atomic E-state index is -0.278. The van der Waals surface area contributed by atoms with E-state index in [4.69, 9.17) is 25.7 Å².